The summed E-state index contributed by atoms with van der Waals surface area (Å²) in [5.41, 5.74) is 7.21. The van der Waals surface area contributed by atoms with Crippen molar-refractivity contribution in [3.63, 3.8) is 0 Å². The van der Waals surface area contributed by atoms with Crippen molar-refractivity contribution < 1.29 is 19.2 Å². The molecule has 132 valence electrons. The van der Waals surface area contributed by atoms with Gasteiger partial charge in [0.15, 0.2) is 5.78 Å². The Hall–Kier alpha value is -3.00. The third-order valence-corrected chi connectivity index (χ3v) is 3.73. The van der Waals surface area contributed by atoms with Crippen LogP contribution in [-0.2, 0) is 23.0 Å². The first kappa shape index (κ1) is 18.3. The Morgan fingerprint density at radius 2 is 1.92 bits per heavy atom. The summed E-state index contributed by atoms with van der Waals surface area (Å²) in [6, 6.07) is 6.25. The molecule has 1 atom stereocenters. The second kappa shape index (κ2) is 7.71. The molecule has 8 heteroatoms. The minimum atomic E-state index is -0.809. The number of aryl methyl sites for hydroxylation is 1. The van der Waals surface area contributed by atoms with Crippen molar-refractivity contribution in [2.75, 3.05) is 6.61 Å². The second-order valence-electron chi connectivity index (χ2n) is 5.53. The van der Waals surface area contributed by atoms with E-state index in [4.69, 9.17) is 10.5 Å². The molecular formula is C17H19N3O5. The van der Waals surface area contributed by atoms with Crippen LogP contribution in [-0.4, -0.2) is 33.9 Å². The highest BCUT2D eigenvalue weighted by molar-refractivity contribution is 6.09. The van der Waals surface area contributed by atoms with Crippen LogP contribution in [0.1, 0.15) is 28.5 Å². The number of aromatic nitrogens is 1. The van der Waals surface area contributed by atoms with Crippen molar-refractivity contribution >= 4 is 17.4 Å². The molecule has 1 unspecified atom stereocenters. The van der Waals surface area contributed by atoms with Gasteiger partial charge in [-0.05, 0) is 25.1 Å². The summed E-state index contributed by atoms with van der Waals surface area (Å²) < 4.78 is 6.59. The van der Waals surface area contributed by atoms with Crippen LogP contribution in [0, 0.1) is 10.1 Å². The van der Waals surface area contributed by atoms with E-state index in [-0.39, 0.29) is 24.5 Å². The van der Waals surface area contributed by atoms with Crippen molar-refractivity contribution in [2.45, 2.75) is 19.4 Å². The molecule has 1 aromatic carbocycles. The van der Waals surface area contributed by atoms with Gasteiger partial charge in [0.2, 0.25) is 0 Å². The molecule has 2 rings (SSSR count). The van der Waals surface area contributed by atoms with E-state index in [2.05, 4.69) is 0 Å². The van der Waals surface area contributed by atoms with E-state index in [9.17, 15) is 19.7 Å². The molecule has 0 bridgehead atoms. The first-order valence-corrected chi connectivity index (χ1v) is 7.70. The number of nitro groups is 1. The first-order chi connectivity index (χ1) is 11.8. The molecule has 0 saturated carbocycles. The van der Waals surface area contributed by atoms with Crippen LogP contribution in [0.2, 0.25) is 0 Å². The fourth-order valence-electron chi connectivity index (χ4n) is 2.40. The second-order valence-corrected chi connectivity index (χ2v) is 5.53. The Morgan fingerprint density at radius 3 is 2.48 bits per heavy atom. The minimum absolute atomic E-state index is 0.0780. The van der Waals surface area contributed by atoms with Gasteiger partial charge in [0.25, 0.3) is 5.69 Å². The number of nitrogens with two attached hydrogens (primary N) is 1. The lowest BCUT2D eigenvalue weighted by Crippen LogP contribution is -2.34. The summed E-state index contributed by atoms with van der Waals surface area (Å²) in [5.74, 6) is -0.756. The van der Waals surface area contributed by atoms with Gasteiger partial charge in [-0.25, -0.2) is 0 Å². The van der Waals surface area contributed by atoms with Crippen LogP contribution >= 0.6 is 0 Å². The van der Waals surface area contributed by atoms with Crippen molar-refractivity contribution in [3.05, 3.63) is 63.5 Å². The average molecular weight is 345 g/mol. The zero-order valence-corrected chi connectivity index (χ0v) is 14.0. The summed E-state index contributed by atoms with van der Waals surface area (Å²) in [6.45, 7) is 1.96. The predicted molar refractivity (Wildman–Crippen MR) is 90.3 cm³/mol. The molecule has 0 spiro atoms. The maximum Gasteiger partial charge on any atom is 0.323 e. The number of hydrogen-bond acceptors (Lipinski definition) is 6. The van der Waals surface area contributed by atoms with Gasteiger partial charge in [0, 0.05) is 48.6 Å². The highest BCUT2D eigenvalue weighted by Gasteiger charge is 2.19. The number of nitro benzene ring substituents is 1. The smallest absolute Gasteiger partial charge is 0.323 e. The van der Waals surface area contributed by atoms with Gasteiger partial charge in [-0.1, -0.05) is 0 Å². The monoisotopic (exact) mass is 345 g/mol. The maximum atomic E-state index is 12.5. The number of hydrogen-bond donors (Lipinski definition) is 1. The molecule has 0 amide bonds. The Balaban J connectivity index is 2.16. The van der Waals surface area contributed by atoms with Crippen LogP contribution < -0.4 is 5.73 Å². The summed E-state index contributed by atoms with van der Waals surface area (Å²) in [6.07, 6.45) is 1.87. The lowest BCUT2D eigenvalue weighted by Gasteiger charge is -2.10. The number of carbonyl (C=O) groups excluding carboxylic acids is 2. The lowest BCUT2D eigenvalue weighted by molar-refractivity contribution is -0.384. The highest BCUT2D eigenvalue weighted by atomic mass is 16.6. The molecule has 8 nitrogen and oxygen atoms in total. The van der Waals surface area contributed by atoms with E-state index >= 15 is 0 Å². The molecule has 0 radical (unpaired) electrons. The molecule has 1 aromatic heterocycles. The number of non-ortho nitro benzene ring substituents is 1. The summed E-state index contributed by atoms with van der Waals surface area (Å²) in [4.78, 5) is 34.3. The van der Waals surface area contributed by atoms with Gasteiger partial charge in [-0.15, -0.1) is 0 Å². The average Bonchev–Trinajstić information content (AvgIpc) is 2.95. The van der Waals surface area contributed by atoms with E-state index in [1.54, 1.807) is 30.8 Å². The third kappa shape index (κ3) is 4.30. The number of benzene rings is 1. The molecule has 0 aliphatic rings. The van der Waals surface area contributed by atoms with Crippen LogP contribution in [0.25, 0.3) is 0 Å². The van der Waals surface area contributed by atoms with Crippen molar-refractivity contribution in [1.29, 1.82) is 0 Å². The summed E-state index contributed by atoms with van der Waals surface area (Å²) in [7, 11) is 1.75. The van der Waals surface area contributed by atoms with Crippen molar-refractivity contribution in [3.8, 4) is 0 Å². The molecule has 0 saturated heterocycles. The van der Waals surface area contributed by atoms with Gasteiger partial charge in [-0.3, -0.25) is 19.7 Å². The molecule has 25 heavy (non-hydrogen) atoms. The number of ketones is 1. The maximum absolute atomic E-state index is 12.5. The van der Waals surface area contributed by atoms with E-state index in [0.29, 0.717) is 16.8 Å². The SMILES string of the molecule is CCOC(=O)C(N)Cc1cc(C(=O)c2ccc([N+](=O)[O-])cc2)cn1C. The van der Waals surface area contributed by atoms with Crippen LogP contribution in [0.3, 0.4) is 0 Å². The number of carbonyl (C=O) groups is 2. The van der Waals surface area contributed by atoms with E-state index < -0.39 is 16.9 Å². The normalized spacial score (nSPS) is 11.8. The van der Waals surface area contributed by atoms with Gasteiger partial charge in [0.1, 0.15) is 6.04 Å². The van der Waals surface area contributed by atoms with Gasteiger partial charge < -0.3 is 15.0 Å². The number of ether oxygens (including phenoxy) is 1. The molecule has 2 aromatic rings. The van der Waals surface area contributed by atoms with Gasteiger partial charge in [0.05, 0.1) is 11.5 Å². The number of rotatable bonds is 7. The van der Waals surface area contributed by atoms with Crippen LogP contribution in [0.4, 0.5) is 5.69 Å². The van der Waals surface area contributed by atoms with Gasteiger partial charge >= 0.3 is 5.97 Å². The quantitative estimate of drug-likeness (QED) is 0.352. The van der Waals surface area contributed by atoms with Crippen molar-refractivity contribution in [1.82, 2.24) is 4.57 Å². The Morgan fingerprint density at radius 1 is 1.28 bits per heavy atom. The Bertz CT molecular complexity index is 795. The molecule has 0 aliphatic carbocycles. The standard InChI is InChI=1S/C17H19N3O5/c1-3-25-17(22)15(18)9-14-8-12(10-19(14)2)16(21)11-4-6-13(7-5-11)20(23)24/h4-8,10,15H,3,9,18H2,1-2H3. The fraction of sp³-hybridized carbons (Fsp3) is 0.294. The molecular weight excluding hydrogens is 326 g/mol. The van der Waals surface area contributed by atoms with E-state index in [0.717, 1.165) is 0 Å². The first-order valence-electron chi connectivity index (χ1n) is 7.70. The topological polar surface area (TPSA) is 117 Å². The fourth-order valence-corrected chi connectivity index (χ4v) is 2.40. The summed E-state index contributed by atoms with van der Waals surface area (Å²) in [5, 5.41) is 10.7. The minimum Gasteiger partial charge on any atom is -0.465 e. The zero-order valence-electron chi connectivity index (χ0n) is 14.0. The van der Waals surface area contributed by atoms with E-state index in [1.807, 2.05) is 0 Å². The largest absolute Gasteiger partial charge is 0.465 e. The Labute approximate surface area is 144 Å². The number of esters is 1. The summed E-state index contributed by atoms with van der Waals surface area (Å²) >= 11 is 0. The molecule has 0 fully saturated rings. The number of nitrogens with zero attached hydrogens (tertiary/aromatic N) is 2. The van der Waals surface area contributed by atoms with Gasteiger partial charge in [-0.2, -0.15) is 0 Å². The van der Waals surface area contributed by atoms with E-state index in [1.165, 1.54) is 24.3 Å². The van der Waals surface area contributed by atoms with Crippen LogP contribution in [0.5, 0.6) is 0 Å². The lowest BCUT2D eigenvalue weighted by atomic mass is 10.0. The highest BCUT2D eigenvalue weighted by Crippen LogP contribution is 2.17. The van der Waals surface area contributed by atoms with Crippen LogP contribution in [0.15, 0.2) is 36.5 Å². The zero-order chi connectivity index (χ0) is 18.6. The predicted octanol–water partition coefficient (Wildman–Crippen LogP) is 1.60. The molecule has 1 heterocycles. The molecule has 0 aliphatic heterocycles. The molecule has 2 N–H and O–H groups in total. The third-order valence-electron chi connectivity index (χ3n) is 3.73. The van der Waals surface area contributed by atoms with Crippen molar-refractivity contribution in [2.24, 2.45) is 12.8 Å². The Kier molecular flexibility index (Phi) is 5.66.